The average Bonchev–Trinajstić information content (AvgIpc) is 2.39. The Balaban J connectivity index is 1.96. The SMILES string of the molecule is CN(C)C(=O)CCCN1CCSc2ccc(N)cc21. The number of amides is 1. The van der Waals surface area contributed by atoms with E-state index in [4.69, 9.17) is 5.73 Å². The maximum absolute atomic E-state index is 11.6. The smallest absolute Gasteiger partial charge is 0.222 e. The number of anilines is 2. The van der Waals surface area contributed by atoms with Gasteiger partial charge in [0.1, 0.15) is 0 Å². The van der Waals surface area contributed by atoms with E-state index in [0.29, 0.717) is 6.42 Å². The number of carbonyl (C=O) groups excluding carboxylic acids is 1. The highest BCUT2D eigenvalue weighted by atomic mass is 32.2. The fourth-order valence-electron chi connectivity index (χ4n) is 2.17. The molecule has 0 fully saturated rings. The molecule has 1 aromatic rings. The van der Waals surface area contributed by atoms with Crippen molar-refractivity contribution in [3.63, 3.8) is 0 Å². The second kappa shape index (κ2) is 6.19. The second-order valence-electron chi connectivity index (χ2n) is 4.95. The van der Waals surface area contributed by atoms with Gasteiger partial charge in [0.15, 0.2) is 0 Å². The van der Waals surface area contributed by atoms with E-state index in [1.807, 2.05) is 23.9 Å². The third-order valence-electron chi connectivity index (χ3n) is 3.26. The summed E-state index contributed by atoms with van der Waals surface area (Å²) in [6, 6.07) is 6.08. The normalized spacial score (nSPS) is 14.1. The number of hydrogen-bond donors (Lipinski definition) is 1. The number of rotatable bonds is 4. The molecule has 0 saturated carbocycles. The largest absolute Gasteiger partial charge is 0.399 e. The predicted molar refractivity (Wildman–Crippen MR) is 81.7 cm³/mol. The lowest BCUT2D eigenvalue weighted by Crippen LogP contribution is -2.31. The maximum Gasteiger partial charge on any atom is 0.222 e. The third kappa shape index (κ3) is 3.56. The molecule has 0 atom stereocenters. The first kappa shape index (κ1) is 14.1. The van der Waals surface area contributed by atoms with Crippen LogP contribution in [0.15, 0.2) is 23.1 Å². The molecule has 0 saturated heterocycles. The highest BCUT2D eigenvalue weighted by Gasteiger charge is 2.17. The van der Waals surface area contributed by atoms with Crippen LogP contribution in [0.5, 0.6) is 0 Å². The van der Waals surface area contributed by atoms with Crippen molar-refractivity contribution in [3.8, 4) is 0 Å². The van der Waals surface area contributed by atoms with Crippen LogP contribution in [0.25, 0.3) is 0 Å². The summed E-state index contributed by atoms with van der Waals surface area (Å²) < 4.78 is 0. The van der Waals surface area contributed by atoms with Gasteiger partial charge in [-0.05, 0) is 24.6 Å². The van der Waals surface area contributed by atoms with Gasteiger partial charge in [-0.15, -0.1) is 11.8 Å². The van der Waals surface area contributed by atoms with Crippen molar-refractivity contribution < 1.29 is 4.79 Å². The van der Waals surface area contributed by atoms with E-state index in [-0.39, 0.29) is 5.91 Å². The number of nitrogens with zero attached hydrogens (tertiary/aromatic N) is 2. The number of carbonyl (C=O) groups is 1. The maximum atomic E-state index is 11.6. The van der Waals surface area contributed by atoms with Gasteiger partial charge in [0, 0.05) is 49.9 Å². The second-order valence-corrected chi connectivity index (χ2v) is 6.09. The lowest BCUT2D eigenvalue weighted by Gasteiger charge is -2.31. The van der Waals surface area contributed by atoms with E-state index in [1.165, 1.54) is 10.6 Å². The number of fused-ring (bicyclic) bond motifs is 1. The van der Waals surface area contributed by atoms with Crippen LogP contribution in [0.3, 0.4) is 0 Å². The number of benzene rings is 1. The molecule has 1 aromatic carbocycles. The first-order valence-corrected chi connectivity index (χ1v) is 7.54. The molecule has 1 amide bonds. The Morgan fingerprint density at radius 3 is 3.00 bits per heavy atom. The van der Waals surface area contributed by atoms with E-state index >= 15 is 0 Å². The summed E-state index contributed by atoms with van der Waals surface area (Å²) in [5.74, 6) is 1.29. The molecule has 2 N–H and O–H groups in total. The van der Waals surface area contributed by atoms with Gasteiger partial charge in [-0.25, -0.2) is 0 Å². The highest BCUT2D eigenvalue weighted by Crippen LogP contribution is 2.36. The lowest BCUT2D eigenvalue weighted by molar-refractivity contribution is -0.128. The van der Waals surface area contributed by atoms with Crippen molar-refractivity contribution in [2.24, 2.45) is 0 Å². The van der Waals surface area contributed by atoms with Gasteiger partial charge < -0.3 is 15.5 Å². The number of thioether (sulfide) groups is 1. The zero-order chi connectivity index (χ0) is 13.8. The summed E-state index contributed by atoms with van der Waals surface area (Å²) in [6.45, 7) is 1.94. The van der Waals surface area contributed by atoms with Crippen LogP contribution in [-0.2, 0) is 4.79 Å². The Kier molecular flexibility index (Phi) is 4.58. The Labute approximate surface area is 118 Å². The number of nitrogens with two attached hydrogens (primary N) is 1. The van der Waals surface area contributed by atoms with Crippen LogP contribution in [-0.4, -0.2) is 43.7 Å². The predicted octanol–water partition coefficient (Wildman–Crippen LogP) is 2.05. The molecule has 1 aliphatic heterocycles. The van der Waals surface area contributed by atoms with Gasteiger partial charge >= 0.3 is 0 Å². The van der Waals surface area contributed by atoms with E-state index in [9.17, 15) is 4.79 Å². The quantitative estimate of drug-likeness (QED) is 0.857. The molecule has 19 heavy (non-hydrogen) atoms. The van der Waals surface area contributed by atoms with E-state index < -0.39 is 0 Å². The minimum absolute atomic E-state index is 0.194. The van der Waals surface area contributed by atoms with Crippen LogP contribution in [0.2, 0.25) is 0 Å². The molecule has 4 nitrogen and oxygen atoms in total. The highest BCUT2D eigenvalue weighted by molar-refractivity contribution is 7.99. The first-order valence-electron chi connectivity index (χ1n) is 6.55. The number of nitrogen functional groups attached to an aromatic ring is 1. The van der Waals surface area contributed by atoms with Crippen molar-refractivity contribution >= 4 is 29.0 Å². The molecular weight excluding hydrogens is 258 g/mol. The Bertz CT molecular complexity index is 462. The van der Waals surface area contributed by atoms with Crippen molar-refractivity contribution in [1.82, 2.24) is 4.90 Å². The van der Waals surface area contributed by atoms with E-state index in [2.05, 4.69) is 11.0 Å². The monoisotopic (exact) mass is 279 g/mol. The van der Waals surface area contributed by atoms with Crippen LogP contribution < -0.4 is 10.6 Å². The molecule has 0 aliphatic carbocycles. The molecular formula is C14H21N3OS. The van der Waals surface area contributed by atoms with Gasteiger partial charge in [-0.3, -0.25) is 4.79 Å². The minimum atomic E-state index is 0.194. The Morgan fingerprint density at radius 2 is 2.26 bits per heavy atom. The molecule has 1 heterocycles. The van der Waals surface area contributed by atoms with Gasteiger partial charge in [-0.1, -0.05) is 0 Å². The van der Waals surface area contributed by atoms with Crippen LogP contribution in [0.4, 0.5) is 11.4 Å². The van der Waals surface area contributed by atoms with Gasteiger partial charge in [0.05, 0.1) is 5.69 Å². The molecule has 2 rings (SSSR count). The van der Waals surface area contributed by atoms with Crippen molar-refractivity contribution in [2.75, 3.05) is 43.6 Å². The van der Waals surface area contributed by atoms with Crippen molar-refractivity contribution in [1.29, 1.82) is 0 Å². The average molecular weight is 279 g/mol. The van der Waals surface area contributed by atoms with E-state index in [1.54, 1.807) is 19.0 Å². The van der Waals surface area contributed by atoms with Crippen LogP contribution in [0, 0.1) is 0 Å². The van der Waals surface area contributed by atoms with Gasteiger partial charge in [-0.2, -0.15) is 0 Å². The molecule has 104 valence electrons. The van der Waals surface area contributed by atoms with Crippen LogP contribution >= 0.6 is 11.8 Å². The Morgan fingerprint density at radius 1 is 1.47 bits per heavy atom. The molecule has 0 spiro atoms. The summed E-state index contributed by atoms with van der Waals surface area (Å²) >= 11 is 1.87. The molecule has 1 aliphatic rings. The Hall–Kier alpha value is -1.36. The fraction of sp³-hybridized carbons (Fsp3) is 0.500. The first-order chi connectivity index (χ1) is 9.08. The standard InChI is InChI=1S/C14H21N3OS/c1-16(2)14(18)4-3-7-17-8-9-19-13-6-5-11(15)10-12(13)17/h5-6,10H,3-4,7-9,15H2,1-2H3. The zero-order valence-corrected chi connectivity index (χ0v) is 12.4. The molecule has 0 radical (unpaired) electrons. The summed E-state index contributed by atoms with van der Waals surface area (Å²) in [4.78, 5) is 16.8. The van der Waals surface area contributed by atoms with Crippen molar-refractivity contribution in [3.05, 3.63) is 18.2 Å². The summed E-state index contributed by atoms with van der Waals surface area (Å²) in [5, 5.41) is 0. The summed E-state index contributed by atoms with van der Waals surface area (Å²) in [7, 11) is 3.60. The molecule has 5 heteroatoms. The third-order valence-corrected chi connectivity index (χ3v) is 4.30. The molecule has 0 bridgehead atoms. The van der Waals surface area contributed by atoms with Gasteiger partial charge in [0.25, 0.3) is 0 Å². The number of hydrogen-bond acceptors (Lipinski definition) is 4. The lowest BCUT2D eigenvalue weighted by atomic mass is 10.2. The molecule has 0 unspecified atom stereocenters. The van der Waals surface area contributed by atoms with Gasteiger partial charge in [0.2, 0.25) is 5.91 Å². The molecule has 0 aromatic heterocycles. The van der Waals surface area contributed by atoms with E-state index in [0.717, 1.165) is 31.0 Å². The summed E-state index contributed by atoms with van der Waals surface area (Å²) in [5.41, 5.74) is 7.88. The summed E-state index contributed by atoms with van der Waals surface area (Å²) in [6.07, 6.45) is 1.49. The topological polar surface area (TPSA) is 49.6 Å². The van der Waals surface area contributed by atoms with Crippen molar-refractivity contribution in [2.45, 2.75) is 17.7 Å². The zero-order valence-electron chi connectivity index (χ0n) is 11.6. The minimum Gasteiger partial charge on any atom is -0.399 e. The fourth-order valence-corrected chi connectivity index (χ4v) is 3.20. The van der Waals surface area contributed by atoms with Crippen LogP contribution in [0.1, 0.15) is 12.8 Å².